The molecule has 2 saturated heterocycles. The van der Waals surface area contributed by atoms with Gasteiger partial charge in [0.25, 0.3) is 0 Å². The minimum Gasteiger partial charge on any atom is -0.493 e. The summed E-state index contributed by atoms with van der Waals surface area (Å²) in [5, 5.41) is 0. The molecular formula is C20H27NO7. The van der Waals surface area contributed by atoms with Crippen LogP contribution >= 0.6 is 0 Å². The predicted octanol–water partition coefficient (Wildman–Crippen LogP) is 2.04. The van der Waals surface area contributed by atoms with E-state index >= 15 is 0 Å². The van der Waals surface area contributed by atoms with E-state index < -0.39 is 17.5 Å². The number of hydrogen-bond acceptors (Lipinski definition) is 8. The van der Waals surface area contributed by atoms with Crippen LogP contribution in [-0.2, 0) is 14.3 Å². The van der Waals surface area contributed by atoms with Crippen LogP contribution in [0.4, 0.5) is 0 Å². The van der Waals surface area contributed by atoms with Crippen molar-refractivity contribution in [2.45, 2.75) is 43.4 Å². The molecule has 0 aliphatic carbocycles. The van der Waals surface area contributed by atoms with Crippen molar-refractivity contribution in [1.29, 1.82) is 0 Å². The summed E-state index contributed by atoms with van der Waals surface area (Å²) in [6, 6.07) is 3.40. The van der Waals surface area contributed by atoms with E-state index in [1.165, 1.54) is 40.6 Å². The fourth-order valence-electron chi connectivity index (χ4n) is 4.34. The second-order valence-electron chi connectivity index (χ2n) is 7.25. The third-order valence-corrected chi connectivity index (χ3v) is 5.86. The third kappa shape index (κ3) is 3.37. The summed E-state index contributed by atoms with van der Waals surface area (Å²) in [5.41, 5.74) is -1.08. The van der Waals surface area contributed by atoms with Crippen molar-refractivity contribution in [2.75, 3.05) is 35.5 Å². The molecule has 0 unspecified atom stereocenters. The number of carbonyl (C=O) groups is 2. The number of benzene rings is 1. The van der Waals surface area contributed by atoms with Crippen LogP contribution in [0.15, 0.2) is 12.1 Å². The average molecular weight is 393 g/mol. The number of piperidine rings is 1. The number of ether oxygens (including phenoxy) is 5. The van der Waals surface area contributed by atoms with E-state index in [4.69, 9.17) is 23.7 Å². The van der Waals surface area contributed by atoms with Gasteiger partial charge in [-0.3, -0.25) is 0 Å². The van der Waals surface area contributed by atoms with Crippen molar-refractivity contribution in [3.8, 4) is 17.2 Å². The zero-order chi connectivity index (χ0) is 20.5. The van der Waals surface area contributed by atoms with Gasteiger partial charge in [-0.05, 0) is 32.0 Å². The van der Waals surface area contributed by atoms with Crippen LogP contribution in [-0.4, -0.2) is 70.0 Å². The van der Waals surface area contributed by atoms with Crippen LogP contribution in [0.5, 0.6) is 17.2 Å². The Morgan fingerprint density at radius 1 is 0.964 bits per heavy atom. The molecule has 8 heteroatoms. The molecule has 1 aromatic rings. The smallest absolute Gasteiger partial charge is 0.350 e. The molecule has 3 rings (SSSR count). The molecule has 28 heavy (non-hydrogen) atoms. The molecule has 2 atom stereocenters. The number of esters is 2. The lowest BCUT2D eigenvalue weighted by atomic mass is 9.86. The van der Waals surface area contributed by atoms with E-state index in [1.54, 1.807) is 0 Å². The van der Waals surface area contributed by atoms with Crippen molar-refractivity contribution in [1.82, 2.24) is 4.90 Å². The SMILES string of the molecule is COC(=O)C1(OC(=O)c2cc(OC)c(OC)c(OC)c2)C[C@H]2CC[C@H](C1)N2C. The molecule has 0 amide bonds. The number of rotatable bonds is 6. The minimum absolute atomic E-state index is 0.186. The molecule has 2 heterocycles. The maximum Gasteiger partial charge on any atom is 0.350 e. The maximum absolute atomic E-state index is 13.0. The molecule has 2 aliphatic rings. The van der Waals surface area contributed by atoms with Crippen molar-refractivity contribution >= 4 is 11.9 Å². The Morgan fingerprint density at radius 3 is 1.93 bits per heavy atom. The van der Waals surface area contributed by atoms with Crippen LogP contribution < -0.4 is 14.2 Å². The highest BCUT2D eigenvalue weighted by atomic mass is 16.6. The Bertz CT molecular complexity index is 724. The summed E-state index contributed by atoms with van der Waals surface area (Å²) in [6.07, 6.45) is 2.79. The first kappa shape index (κ1) is 20.3. The van der Waals surface area contributed by atoms with E-state index in [0.29, 0.717) is 30.1 Å². The van der Waals surface area contributed by atoms with Crippen LogP contribution in [0.3, 0.4) is 0 Å². The van der Waals surface area contributed by atoms with E-state index in [0.717, 1.165) is 12.8 Å². The lowest BCUT2D eigenvalue weighted by Crippen LogP contribution is -2.56. The first-order valence-corrected chi connectivity index (χ1v) is 9.22. The largest absolute Gasteiger partial charge is 0.493 e. The van der Waals surface area contributed by atoms with Gasteiger partial charge in [-0.25, -0.2) is 9.59 Å². The maximum atomic E-state index is 13.0. The summed E-state index contributed by atoms with van der Waals surface area (Å²) in [4.78, 5) is 27.9. The van der Waals surface area contributed by atoms with Gasteiger partial charge in [0.15, 0.2) is 11.5 Å². The Balaban J connectivity index is 1.92. The van der Waals surface area contributed by atoms with Crippen LogP contribution in [0.2, 0.25) is 0 Å². The van der Waals surface area contributed by atoms with Crippen LogP contribution in [0.1, 0.15) is 36.0 Å². The van der Waals surface area contributed by atoms with E-state index in [9.17, 15) is 9.59 Å². The van der Waals surface area contributed by atoms with Crippen molar-refractivity contribution in [3.63, 3.8) is 0 Å². The van der Waals surface area contributed by atoms with Crippen LogP contribution in [0, 0.1) is 0 Å². The first-order valence-electron chi connectivity index (χ1n) is 9.22. The average Bonchev–Trinajstić information content (AvgIpc) is 2.93. The highest BCUT2D eigenvalue weighted by molar-refractivity contribution is 5.94. The summed E-state index contributed by atoms with van der Waals surface area (Å²) >= 11 is 0. The topological polar surface area (TPSA) is 83.5 Å². The molecule has 2 aliphatic heterocycles. The fourth-order valence-corrected chi connectivity index (χ4v) is 4.34. The van der Waals surface area contributed by atoms with Gasteiger partial charge in [-0.1, -0.05) is 0 Å². The molecular weight excluding hydrogens is 366 g/mol. The molecule has 0 spiro atoms. The van der Waals surface area contributed by atoms with E-state index in [-0.39, 0.29) is 17.6 Å². The molecule has 2 fully saturated rings. The van der Waals surface area contributed by atoms with Crippen molar-refractivity contribution in [2.24, 2.45) is 0 Å². The molecule has 1 aromatic carbocycles. The summed E-state index contributed by atoms with van der Waals surface area (Å²) < 4.78 is 26.7. The van der Waals surface area contributed by atoms with Crippen molar-refractivity contribution in [3.05, 3.63) is 17.7 Å². The van der Waals surface area contributed by atoms with Crippen molar-refractivity contribution < 1.29 is 33.3 Å². The van der Waals surface area contributed by atoms with Crippen LogP contribution in [0.25, 0.3) is 0 Å². The van der Waals surface area contributed by atoms with Gasteiger partial charge in [0.1, 0.15) is 0 Å². The normalized spacial score (nSPS) is 26.5. The highest BCUT2D eigenvalue weighted by Crippen LogP contribution is 2.43. The number of carbonyl (C=O) groups excluding carboxylic acids is 2. The first-order chi connectivity index (χ1) is 13.4. The zero-order valence-corrected chi connectivity index (χ0v) is 16.9. The van der Waals surface area contributed by atoms with E-state index in [1.807, 2.05) is 7.05 Å². The Labute approximate surface area is 164 Å². The molecule has 8 nitrogen and oxygen atoms in total. The molecule has 0 aromatic heterocycles. The molecule has 0 saturated carbocycles. The quantitative estimate of drug-likeness (QED) is 0.679. The van der Waals surface area contributed by atoms with Gasteiger partial charge < -0.3 is 28.6 Å². The van der Waals surface area contributed by atoms with Gasteiger partial charge in [-0.2, -0.15) is 0 Å². The Hall–Kier alpha value is -2.48. The Kier molecular flexibility index (Phi) is 5.69. The molecule has 2 bridgehead atoms. The number of hydrogen-bond donors (Lipinski definition) is 0. The fraction of sp³-hybridized carbons (Fsp3) is 0.600. The van der Waals surface area contributed by atoms with E-state index in [2.05, 4.69) is 4.90 Å². The molecule has 154 valence electrons. The second-order valence-corrected chi connectivity index (χ2v) is 7.25. The van der Waals surface area contributed by atoms with Gasteiger partial charge in [-0.15, -0.1) is 0 Å². The second kappa shape index (κ2) is 7.87. The lowest BCUT2D eigenvalue weighted by molar-refractivity contribution is -0.171. The lowest BCUT2D eigenvalue weighted by Gasteiger charge is -2.42. The summed E-state index contributed by atoms with van der Waals surface area (Å²) in [7, 11) is 7.79. The summed E-state index contributed by atoms with van der Waals surface area (Å²) in [5.74, 6) is -0.0952. The summed E-state index contributed by atoms with van der Waals surface area (Å²) in [6.45, 7) is 0. The van der Waals surface area contributed by atoms with Gasteiger partial charge in [0.2, 0.25) is 11.4 Å². The van der Waals surface area contributed by atoms with Gasteiger partial charge in [0, 0.05) is 24.9 Å². The number of methoxy groups -OCH3 is 4. The zero-order valence-electron chi connectivity index (χ0n) is 16.9. The Morgan fingerprint density at radius 2 is 1.50 bits per heavy atom. The molecule has 0 N–H and O–H groups in total. The highest BCUT2D eigenvalue weighted by Gasteiger charge is 2.54. The van der Waals surface area contributed by atoms with Gasteiger partial charge in [0.05, 0.1) is 34.0 Å². The number of nitrogens with zero attached hydrogens (tertiary/aromatic N) is 1. The third-order valence-electron chi connectivity index (χ3n) is 5.86. The number of fused-ring (bicyclic) bond motifs is 2. The van der Waals surface area contributed by atoms with Gasteiger partial charge >= 0.3 is 11.9 Å². The predicted molar refractivity (Wildman–Crippen MR) is 100 cm³/mol. The monoisotopic (exact) mass is 393 g/mol. The standard InChI is InChI=1S/C20H27NO7/c1-21-13-6-7-14(21)11-20(10-13,19(23)27-5)28-18(22)12-8-15(24-2)17(26-4)16(9-12)25-3/h8-9,13-14H,6-7,10-11H2,1-5H3/t13-,14-/m1/s1. The molecule has 0 radical (unpaired) electrons. The minimum atomic E-state index is -1.29.